The normalized spacial score (nSPS) is 11.2. The van der Waals surface area contributed by atoms with Gasteiger partial charge in [0.2, 0.25) is 5.88 Å². The quantitative estimate of drug-likeness (QED) is 0.661. The monoisotopic (exact) mass is 332 g/mol. The van der Waals surface area contributed by atoms with Gasteiger partial charge in [-0.25, -0.2) is 0 Å². The van der Waals surface area contributed by atoms with Crippen LogP contribution in [0, 0.1) is 0 Å². The number of rotatable bonds is 3. The van der Waals surface area contributed by atoms with E-state index in [-0.39, 0.29) is 11.6 Å². The van der Waals surface area contributed by atoms with Crippen molar-refractivity contribution < 1.29 is 5.11 Å². The molecule has 5 nitrogen and oxygen atoms in total. The molecular formula is C15H10Cl2N4O. The van der Waals surface area contributed by atoms with Crippen molar-refractivity contribution >= 4 is 34.6 Å². The van der Waals surface area contributed by atoms with Crippen LogP contribution in [0.15, 0.2) is 65.0 Å². The molecule has 2 aromatic carbocycles. The van der Waals surface area contributed by atoms with Crippen molar-refractivity contribution in [3.63, 3.8) is 0 Å². The molecule has 110 valence electrons. The van der Waals surface area contributed by atoms with Crippen LogP contribution in [0.1, 0.15) is 0 Å². The van der Waals surface area contributed by atoms with Gasteiger partial charge in [-0.05, 0) is 30.3 Å². The van der Waals surface area contributed by atoms with Crippen LogP contribution in [-0.2, 0) is 0 Å². The third-order valence-electron chi connectivity index (χ3n) is 2.90. The van der Waals surface area contributed by atoms with Gasteiger partial charge in [-0.3, -0.25) is 0 Å². The number of hydrogen-bond acceptors (Lipinski definition) is 4. The van der Waals surface area contributed by atoms with E-state index < -0.39 is 0 Å². The minimum absolute atomic E-state index is 0.104. The lowest BCUT2D eigenvalue weighted by Gasteiger charge is -2.01. The topological polar surface area (TPSA) is 62.8 Å². The second-order valence-corrected chi connectivity index (χ2v) is 5.24. The predicted molar refractivity (Wildman–Crippen MR) is 85.9 cm³/mol. The van der Waals surface area contributed by atoms with E-state index in [1.54, 1.807) is 18.2 Å². The second kappa shape index (κ2) is 6.17. The molecule has 0 fully saturated rings. The summed E-state index contributed by atoms with van der Waals surface area (Å²) in [4.78, 5) is 0. The number of benzene rings is 2. The number of aromatic nitrogens is 2. The van der Waals surface area contributed by atoms with E-state index in [0.29, 0.717) is 15.7 Å². The van der Waals surface area contributed by atoms with Crippen LogP contribution in [0.4, 0.5) is 11.4 Å². The van der Waals surface area contributed by atoms with Gasteiger partial charge in [0.1, 0.15) is 5.69 Å². The van der Waals surface area contributed by atoms with Crippen molar-refractivity contribution in [3.8, 4) is 11.6 Å². The van der Waals surface area contributed by atoms with Gasteiger partial charge in [-0.1, -0.05) is 41.4 Å². The van der Waals surface area contributed by atoms with Gasteiger partial charge in [0.15, 0.2) is 5.69 Å². The zero-order valence-corrected chi connectivity index (χ0v) is 12.7. The zero-order chi connectivity index (χ0) is 15.5. The molecule has 0 unspecified atom stereocenters. The Morgan fingerprint density at radius 1 is 0.955 bits per heavy atom. The molecule has 0 amide bonds. The molecule has 0 atom stereocenters. The average molecular weight is 333 g/mol. The highest BCUT2D eigenvalue weighted by Gasteiger charge is 2.10. The summed E-state index contributed by atoms with van der Waals surface area (Å²) in [5.74, 6) is -0.104. The molecule has 1 aromatic heterocycles. The fourth-order valence-electron chi connectivity index (χ4n) is 1.83. The van der Waals surface area contributed by atoms with Crippen molar-refractivity contribution in [2.24, 2.45) is 10.2 Å². The summed E-state index contributed by atoms with van der Waals surface area (Å²) in [5.41, 5.74) is 1.38. The smallest absolute Gasteiger partial charge is 0.242 e. The Bertz CT molecular complexity index is 831. The first kappa shape index (κ1) is 14.6. The minimum atomic E-state index is -0.104. The Labute approximate surface area is 136 Å². The molecule has 7 heteroatoms. The van der Waals surface area contributed by atoms with Crippen LogP contribution >= 0.6 is 23.2 Å². The maximum absolute atomic E-state index is 10.2. The average Bonchev–Trinajstić information content (AvgIpc) is 2.90. The van der Waals surface area contributed by atoms with E-state index in [1.165, 1.54) is 10.9 Å². The lowest BCUT2D eigenvalue weighted by molar-refractivity contribution is 0.434. The Morgan fingerprint density at radius 3 is 2.45 bits per heavy atom. The summed E-state index contributed by atoms with van der Waals surface area (Å²) in [5, 5.41) is 23.2. The van der Waals surface area contributed by atoms with Gasteiger partial charge in [0.25, 0.3) is 0 Å². The highest BCUT2D eigenvalue weighted by molar-refractivity contribution is 6.35. The van der Waals surface area contributed by atoms with E-state index in [9.17, 15) is 5.11 Å². The maximum atomic E-state index is 10.2. The van der Waals surface area contributed by atoms with Crippen LogP contribution in [0.25, 0.3) is 5.69 Å². The highest BCUT2D eigenvalue weighted by atomic mass is 35.5. The molecule has 0 saturated carbocycles. The summed E-state index contributed by atoms with van der Waals surface area (Å²) in [6, 6.07) is 14.1. The molecule has 3 rings (SSSR count). The van der Waals surface area contributed by atoms with Crippen molar-refractivity contribution in [1.82, 2.24) is 9.78 Å². The van der Waals surface area contributed by atoms with Gasteiger partial charge < -0.3 is 5.11 Å². The molecule has 0 bridgehead atoms. The Morgan fingerprint density at radius 2 is 1.68 bits per heavy atom. The number of hydrogen-bond donors (Lipinski definition) is 1. The van der Waals surface area contributed by atoms with Crippen molar-refractivity contribution in [2.45, 2.75) is 0 Å². The third kappa shape index (κ3) is 2.95. The number of azo groups is 1. The lowest BCUT2D eigenvalue weighted by Crippen LogP contribution is -1.93. The van der Waals surface area contributed by atoms with Gasteiger partial charge in [0.05, 0.1) is 16.9 Å². The second-order valence-electron chi connectivity index (χ2n) is 4.40. The third-order valence-corrected chi connectivity index (χ3v) is 3.45. The first-order valence-corrected chi connectivity index (χ1v) is 7.10. The molecule has 3 aromatic rings. The van der Waals surface area contributed by atoms with Crippen molar-refractivity contribution in [3.05, 3.63) is 64.8 Å². The van der Waals surface area contributed by atoms with Gasteiger partial charge in [0, 0.05) is 5.02 Å². The molecule has 0 radical (unpaired) electrons. The minimum Gasteiger partial charge on any atom is -0.492 e. The van der Waals surface area contributed by atoms with Crippen LogP contribution in [0.3, 0.4) is 0 Å². The standard InChI is InChI=1S/C15H10Cl2N4O/c16-10-6-7-12(17)13(8-10)19-20-14-9-18-21(15(14)22)11-4-2-1-3-5-11/h1-9,22H. The maximum Gasteiger partial charge on any atom is 0.242 e. The van der Waals surface area contributed by atoms with E-state index in [2.05, 4.69) is 15.3 Å². The summed E-state index contributed by atoms with van der Waals surface area (Å²) in [7, 11) is 0. The van der Waals surface area contributed by atoms with Crippen LogP contribution in [-0.4, -0.2) is 14.9 Å². The largest absolute Gasteiger partial charge is 0.492 e. The highest BCUT2D eigenvalue weighted by Crippen LogP contribution is 2.33. The van der Waals surface area contributed by atoms with E-state index >= 15 is 0 Å². The molecule has 0 spiro atoms. The first-order valence-electron chi connectivity index (χ1n) is 6.34. The molecule has 1 heterocycles. The Balaban J connectivity index is 1.92. The van der Waals surface area contributed by atoms with Gasteiger partial charge >= 0.3 is 0 Å². The summed E-state index contributed by atoms with van der Waals surface area (Å²) in [6.45, 7) is 0. The van der Waals surface area contributed by atoms with E-state index in [4.69, 9.17) is 23.2 Å². The summed E-state index contributed by atoms with van der Waals surface area (Å²) >= 11 is 11.9. The molecule has 0 aliphatic carbocycles. The molecule has 1 N–H and O–H groups in total. The van der Waals surface area contributed by atoms with Crippen LogP contribution in [0.5, 0.6) is 5.88 Å². The van der Waals surface area contributed by atoms with Gasteiger partial charge in [-0.2, -0.15) is 9.78 Å². The molecule has 0 saturated heterocycles. The fraction of sp³-hybridized carbons (Fsp3) is 0. The number of para-hydroxylation sites is 1. The number of aromatic hydroxyl groups is 1. The summed E-state index contributed by atoms with van der Waals surface area (Å²) < 4.78 is 1.37. The predicted octanol–water partition coefficient (Wildman–Crippen LogP) is 5.30. The van der Waals surface area contributed by atoms with Crippen molar-refractivity contribution in [2.75, 3.05) is 0 Å². The molecule has 22 heavy (non-hydrogen) atoms. The molecular weight excluding hydrogens is 323 g/mol. The zero-order valence-electron chi connectivity index (χ0n) is 11.2. The fourth-order valence-corrected chi connectivity index (χ4v) is 2.15. The van der Waals surface area contributed by atoms with Crippen LogP contribution < -0.4 is 0 Å². The Hall–Kier alpha value is -2.37. The van der Waals surface area contributed by atoms with E-state index in [1.807, 2.05) is 30.3 Å². The van der Waals surface area contributed by atoms with Crippen LogP contribution in [0.2, 0.25) is 10.0 Å². The molecule has 0 aliphatic heterocycles. The number of nitrogens with zero attached hydrogens (tertiary/aromatic N) is 4. The SMILES string of the molecule is Oc1c(N=Nc2cc(Cl)ccc2Cl)cnn1-c1ccccc1. The van der Waals surface area contributed by atoms with Gasteiger partial charge in [-0.15, -0.1) is 10.2 Å². The first-order chi connectivity index (χ1) is 10.6. The number of halogens is 2. The summed E-state index contributed by atoms with van der Waals surface area (Å²) in [6.07, 6.45) is 1.42. The molecule has 0 aliphatic rings. The van der Waals surface area contributed by atoms with Crippen molar-refractivity contribution in [1.29, 1.82) is 0 Å². The Kier molecular flexibility index (Phi) is 4.09. The van der Waals surface area contributed by atoms with E-state index in [0.717, 1.165) is 5.69 Å². The lowest BCUT2D eigenvalue weighted by atomic mass is 10.3.